The van der Waals surface area contributed by atoms with Crippen LogP contribution >= 0.6 is 11.3 Å². The molecule has 0 saturated carbocycles. The molecule has 4 rings (SSSR count). The third-order valence-electron chi connectivity index (χ3n) is 6.22. The van der Waals surface area contributed by atoms with E-state index in [1.54, 1.807) is 0 Å². The fourth-order valence-electron chi connectivity index (χ4n) is 4.85. The molecule has 1 aromatic heterocycles. The number of alkyl halides is 3. The van der Waals surface area contributed by atoms with Crippen LogP contribution in [0.3, 0.4) is 0 Å². The molecule has 3 aromatic rings. The number of aryl methyl sites for hydroxylation is 1. The van der Waals surface area contributed by atoms with Crippen molar-refractivity contribution >= 4 is 32.7 Å². The van der Waals surface area contributed by atoms with Gasteiger partial charge in [-0.3, -0.25) is 9.69 Å². The molecule has 0 unspecified atom stereocenters. The summed E-state index contributed by atoms with van der Waals surface area (Å²) in [5.41, 5.74) is 2.89. The monoisotopic (exact) mass is 505 g/mol. The lowest BCUT2D eigenvalue weighted by molar-refractivity contribution is -0.138. The first-order valence-corrected chi connectivity index (χ1v) is 12.6. The Bertz CT molecular complexity index is 1210. The Hall–Kier alpha value is -2.65. The number of fused-ring (bicyclic) bond motifs is 1. The molecular formula is C26H30F3N3O2S. The average molecular weight is 506 g/mol. The predicted molar refractivity (Wildman–Crippen MR) is 133 cm³/mol. The summed E-state index contributed by atoms with van der Waals surface area (Å²) in [4.78, 5) is 20.5. The van der Waals surface area contributed by atoms with Gasteiger partial charge in [0.1, 0.15) is 0 Å². The van der Waals surface area contributed by atoms with Crippen LogP contribution in [0.15, 0.2) is 36.4 Å². The number of benzene rings is 2. The molecule has 5 nitrogen and oxygen atoms in total. The van der Waals surface area contributed by atoms with Crippen LogP contribution in [0.5, 0.6) is 0 Å². The molecule has 1 aliphatic rings. The Balaban J connectivity index is 1.54. The van der Waals surface area contributed by atoms with Gasteiger partial charge in [0, 0.05) is 32.2 Å². The third kappa shape index (κ3) is 6.32. The van der Waals surface area contributed by atoms with E-state index in [4.69, 9.17) is 5.11 Å². The molecule has 1 N–H and O–H groups in total. The number of rotatable bonds is 7. The first-order valence-electron chi connectivity index (χ1n) is 11.8. The summed E-state index contributed by atoms with van der Waals surface area (Å²) >= 11 is 1.32. The van der Waals surface area contributed by atoms with Crippen LogP contribution in [0.2, 0.25) is 0 Å². The van der Waals surface area contributed by atoms with E-state index in [9.17, 15) is 18.0 Å². The van der Waals surface area contributed by atoms with Crippen LogP contribution in [0.1, 0.15) is 42.5 Å². The second-order valence-electron chi connectivity index (χ2n) is 9.79. The van der Waals surface area contributed by atoms with Gasteiger partial charge in [-0.2, -0.15) is 13.2 Å². The Morgan fingerprint density at radius 1 is 1.17 bits per heavy atom. The number of nitrogens with zero attached hydrogens (tertiary/aromatic N) is 3. The van der Waals surface area contributed by atoms with E-state index < -0.39 is 17.7 Å². The molecule has 0 bridgehead atoms. The number of hydrogen-bond acceptors (Lipinski definition) is 5. The lowest BCUT2D eigenvalue weighted by Gasteiger charge is -2.42. The zero-order valence-electron chi connectivity index (χ0n) is 20.1. The SMILES string of the molecule is Cc1cc(CC(=O)O)cc(CN2CCN(c3nc4ccc(C(F)(F)F)cc4s3)[C@@H](CC(C)C)C2)c1. The summed E-state index contributed by atoms with van der Waals surface area (Å²) < 4.78 is 40.0. The minimum Gasteiger partial charge on any atom is -0.481 e. The van der Waals surface area contributed by atoms with Gasteiger partial charge >= 0.3 is 12.1 Å². The molecule has 1 fully saturated rings. The van der Waals surface area contributed by atoms with Crippen molar-refractivity contribution in [2.45, 2.75) is 52.4 Å². The summed E-state index contributed by atoms with van der Waals surface area (Å²) in [6, 6.07) is 9.91. The number of aromatic nitrogens is 1. The number of carbonyl (C=O) groups is 1. The van der Waals surface area contributed by atoms with Crippen molar-refractivity contribution in [2.75, 3.05) is 24.5 Å². The maximum Gasteiger partial charge on any atom is 0.416 e. The number of carboxylic acids is 1. The number of thiazole rings is 1. The fourth-order valence-corrected chi connectivity index (χ4v) is 5.95. The van der Waals surface area contributed by atoms with E-state index in [2.05, 4.69) is 34.7 Å². The standard InChI is InChI=1S/C26H30F3N3O2S/c1-16(2)8-21-15-31(14-19-10-17(3)9-18(11-19)12-24(33)34)6-7-32(21)25-30-22-5-4-20(26(27,28)29)13-23(22)35-25/h4-5,9-11,13,16,21H,6-8,12,14-15H2,1-3H3,(H,33,34)/t21-/m0/s1. The second kappa shape index (κ2) is 10.1. The molecule has 2 heterocycles. The van der Waals surface area contributed by atoms with Crippen molar-refractivity contribution < 1.29 is 23.1 Å². The topological polar surface area (TPSA) is 56.7 Å². The Morgan fingerprint density at radius 2 is 1.91 bits per heavy atom. The van der Waals surface area contributed by atoms with Gasteiger partial charge in [-0.05, 0) is 48.6 Å². The highest BCUT2D eigenvalue weighted by molar-refractivity contribution is 7.22. The van der Waals surface area contributed by atoms with Gasteiger partial charge in [-0.1, -0.05) is 48.9 Å². The zero-order valence-corrected chi connectivity index (χ0v) is 20.9. The maximum absolute atomic E-state index is 13.2. The summed E-state index contributed by atoms with van der Waals surface area (Å²) in [6.45, 7) is 9.38. The van der Waals surface area contributed by atoms with Gasteiger partial charge in [-0.15, -0.1) is 0 Å². The molecule has 9 heteroatoms. The minimum absolute atomic E-state index is 0.00604. The predicted octanol–water partition coefficient (Wildman–Crippen LogP) is 5.99. The minimum atomic E-state index is -4.37. The van der Waals surface area contributed by atoms with Crippen molar-refractivity contribution in [3.8, 4) is 0 Å². The molecule has 0 radical (unpaired) electrons. The van der Waals surface area contributed by atoms with Crippen molar-refractivity contribution in [1.82, 2.24) is 9.88 Å². The average Bonchev–Trinajstić information content (AvgIpc) is 3.15. The Morgan fingerprint density at radius 3 is 2.60 bits per heavy atom. The van der Waals surface area contributed by atoms with Crippen molar-refractivity contribution in [1.29, 1.82) is 0 Å². The van der Waals surface area contributed by atoms with Crippen molar-refractivity contribution in [3.63, 3.8) is 0 Å². The molecule has 1 atom stereocenters. The van der Waals surface area contributed by atoms with E-state index in [0.29, 0.717) is 16.1 Å². The molecule has 1 aliphatic heterocycles. The molecule has 0 amide bonds. The number of carboxylic acid groups (broad SMARTS) is 1. The third-order valence-corrected chi connectivity index (χ3v) is 7.27. The molecule has 2 aromatic carbocycles. The maximum atomic E-state index is 13.2. The van der Waals surface area contributed by atoms with Gasteiger partial charge in [0.2, 0.25) is 0 Å². The van der Waals surface area contributed by atoms with E-state index >= 15 is 0 Å². The molecule has 188 valence electrons. The van der Waals surface area contributed by atoms with Crippen LogP contribution in [0.4, 0.5) is 18.3 Å². The molecule has 0 spiro atoms. The van der Waals surface area contributed by atoms with E-state index in [-0.39, 0.29) is 12.5 Å². The summed E-state index contributed by atoms with van der Waals surface area (Å²) in [6.07, 6.45) is -3.42. The van der Waals surface area contributed by atoms with Gasteiger partial charge in [0.15, 0.2) is 5.13 Å². The number of anilines is 1. The van der Waals surface area contributed by atoms with E-state index in [1.807, 2.05) is 19.1 Å². The molecular weight excluding hydrogens is 475 g/mol. The van der Waals surface area contributed by atoms with Crippen LogP contribution in [-0.2, 0) is 23.9 Å². The number of piperazine rings is 1. The van der Waals surface area contributed by atoms with Crippen molar-refractivity contribution in [3.05, 3.63) is 58.7 Å². The largest absolute Gasteiger partial charge is 0.481 e. The van der Waals surface area contributed by atoms with Crippen LogP contribution < -0.4 is 4.90 Å². The van der Waals surface area contributed by atoms with Gasteiger partial charge in [-0.25, -0.2) is 4.98 Å². The molecule has 1 saturated heterocycles. The summed E-state index contributed by atoms with van der Waals surface area (Å²) in [5.74, 6) is -0.389. The van der Waals surface area contributed by atoms with Gasteiger partial charge < -0.3 is 10.0 Å². The first kappa shape index (κ1) is 25.4. The Labute approximate surface area is 207 Å². The normalized spacial score (nSPS) is 17.5. The highest BCUT2D eigenvalue weighted by Gasteiger charge is 2.32. The van der Waals surface area contributed by atoms with E-state index in [1.165, 1.54) is 23.5 Å². The summed E-state index contributed by atoms with van der Waals surface area (Å²) in [5, 5.41) is 9.92. The second-order valence-corrected chi connectivity index (χ2v) is 10.8. The highest BCUT2D eigenvalue weighted by atomic mass is 32.1. The summed E-state index contributed by atoms with van der Waals surface area (Å²) in [7, 11) is 0. The molecule has 0 aliphatic carbocycles. The van der Waals surface area contributed by atoms with Gasteiger partial charge in [0.25, 0.3) is 0 Å². The van der Waals surface area contributed by atoms with Crippen LogP contribution in [0, 0.1) is 12.8 Å². The molecule has 35 heavy (non-hydrogen) atoms. The first-order chi connectivity index (χ1) is 16.5. The number of halogens is 3. The van der Waals surface area contributed by atoms with Crippen molar-refractivity contribution in [2.24, 2.45) is 5.92 Å². The lowest BCUT2D eigenvalue weighted by Crippen LogP contribution is -2.53. The van der Waals surface area contributed by atoms with Gasteiger partial charge in [0.05, 0.1) is 22.2 Å². The zero-order chi connectivity index (χ0) is 25.3. The quantitative estimate of drug-likeness (QED) is 0.428. The smallest absolute Gasteiger partial charge is 0.416 e. The lowest BCUT2D eigenvalue weighted by atomic mass is 9.99. The highest BCUT2D eigenvalue weighted by Crippen LogP contribution is 2.37. The number of aliphatic carboxylic acids is 1. The van der Waals surface area contributed by atoms with Crippen LogP contribution in [-0.4, -0.2) is 46.6 Å². The Kier molecular flexibility index (Phi) is 7.38. The van der Waals surface area contributed by atoms with Crippen LogP contribution in [0.25, 0.3) is 10.2 Å². The fraction of sp³-hybridized carbons (Fsp3) is 0.462. The van der Waals surface area contributed by atoms with E-state index in [0.717, 1.165) is 60.5 Å². The number of hydrogen-bond donors (Lipinski definition) is 1.